The predicted molar refractivity (Wildman–Crippen MR) is 133 cm³/mol. The monoisotopic (exact) mass is 520 g/mol. The van der Waals surface area contributed by atoms with E-state index < -0.39 is 71.1 Å². The molecule has 0 aliphatic heterocycles. The molecule has 0 aromatic rings. The van der Waals surface area contributed by atoms with E-state index in [4.69, 9.17) is 18.9 Å². The number of aliphatic hydroxyl groups excluding tert-OH is 1. The second-order valence-electron chi connectivity index (χ2n) is 11.5. The molecule has 0 aromatic heterocycles. The van der Waals surface area contributed by atoms with Crippen LogP contribution in [0.3, 0.4) is 0 Å². The number of esters is 4. The van der Waals surface area contributed by atoms with Crippen molar-refractivity contribution in [2.75, 3.05) is 0 Å². The van der Waals surface area contributed by atoms with E-state index in [1.54, 1.807) is 0 Å². The summed E-state index contributed by atoms with van der Waals surface area (Å²) in [4.78, 5) is 49.2. The van der Waals surface area contributed by atoms with Crippen molar-refractivity contribution in [2.24, 2.45) is 22.7 Å². The van der Waals surface area contributed by atoms with Crippen LogP contribution < -0.4 is 0 Å². The van der Waals surface area contributed by atoms with Gasteiger partial charge in [-0.2, -0.15) is 0 Å². The first kappa shape index (κ1) is 28.9. The molecule has 0 aromatic carbocycles. The van der Waals surface area contributed by atoms with Gasteiger partial charge in [0.25, 0.3) is 0 Å². The van der Waals surface area contributed by atoms with Crippen LogP contribution in [-0.2, 0) is 38.1 Å². The highest BCUT2D eigenvalue weighted by Gasteiger charge is 2.64. The summed E-state index contributed by atoms with van der Waals surface area (Å²) < 4.78 is 23.4. The molecule has 2 saturated carbocycles. The Kier molecular flexibility index (Phi) is 7.99. The molecule has 37 heavy (non-hydrogen) atoms. The molecule has 206 valence electrons. The first-order valence-electron chi connectivity index (χ1n) is 12.8. The molecule has 0 unspecified atom stereocenters. The Morgan fingerprint density at radius 1 is 0.838 bits per heavy atom. The van der Waals surface area contributed by atoms with Gasteiger partial charge in [0.05, 0.1) is 11.5 Å². The van der Waals surface area contributed by atoms with Crippen LogP contribution in [0.25, 0.3) is 0 Å². The van der Waals surface area contributed by atoms with Crippen molar-refractivity contribution < 1.29 is 43.2 Å². The number of hydrogen-bond donors (Lipinski definition) is 1. The van der Waals surface area contributed by atoms with Gasteiger partial charge in [0.15, 0.2) is 12.2 Å². The molecule has 1 N–H and O–H groups in total. The van der Waals surface area contributed by atoms with E-state index in [0.717, 1.165) is 11.1 Å². The zero-order valence-corrected chi connectivity index (χ0v) is 23.1. The summed E-state index contributed by atoms with van der Waals surface area (Å²) in [6, 6.07) is 0. The lowest BCUT2D eigenvalue weighted by Crippen LogP contribution is -2.64. The Bertz CT molecular complexity index is 1020. The van der Waals surface area contributed by atoms with Crippen LogP contribution in [-0.4, -0.2) is 59.5 Å². The number of aliphatic hydroxyl groups is 1. The molecule has 0 heterocycles. The summed E-state index contributed by atoms with van der Waals surface area (Å²) in [6.45, 7) is 17.2. The predicted octanol–water partition coefficient (Wildman–Crippen LogP) is 3.42. The quantitative estimate of drug-likeness (QED) is 0.337. The van der Waals surface area contributed by atoms with Crippen LogP contribution in [0.15, 0.2) is 23.3 Å². The van der Waals surface area contributed by atoms with Gasteiger partial charge in [-0.15, -0.1) is 0 Å². The Morgan fingerprint density at radius 3 is 1.89 bits per heavy atom. The van der Waals surface area contributed by atoms with Crippen LogP contribution in [0.4, 0.5) is 0 Å². The first-order valence-corrected chi connectivity index (χ1v) is 12.8. The Balaban J connectivity index is 2.38. The molecule has 0 spiro atoms. The van der Waals surface area contributed by atoms with Gasteiger partial charge < -0.3 is 24.1 Å². The van der Waals surface area contributed by atoms with E-state index in [1.807, 2.05) is 27.7 Å². The number of rotatable bonds is 4. The molecule has 0 amide bonds. The summed E-state index contributed by atoms with van der Waals surface area (Å²) in [5.41, 5.74) is 0.358. The SMILES string of the molecule is C=C1[C@H]2C[C@@H]3C[C@H](OC(C)=O)C(C)=C([C@@H](OC(C)=O)[C@H](OC(C)=O)[C@]2(C)[C@@H](OC(C)=O)C[C@@H]1O)C3(C)C. The van der Waals surface area contributed by atoms with Crippen molar-refractivity contribution in [1.82, 2.24) is 0 Å². The van der Waals surface area contributed by atoms with Crippen molar-refractivity contribution in [2.45, 2.75) is 105 Å². The molecule has 3 aliphatic rings. The van der Waals surface area contributed by atoms with Crippen molar-refractivity contribution in [3.63, 3.8) is 0 Å². The van der Waals surface area contributed by atoms with E-state index >= 15 is 0 Å². The van der Waals surface area contributed by atoms with Crippen LogP contribution in [0.5, 0.6) is 0 Å². The molecule has 9 heteroatoms. The van der Waals surface area contributed by atoms with Gasteiger partial charge in [0, 0.05) is 34.1 Å². The number of ether oxygens (including phenoxy) is 4. The fourth-order valence-corrected chi connectivity index (χ4v) is 7.01. The highest BCUT2D eigenvalue weighted by atomic mass is 16.6. The maximum absolute atomic E-state index is 12.5. The zero-order valence-electron chi connectivity index (χ0n) is 23.1. The summed E-state index contributed by atoms with van der Waals surface area (Å²) in [5, 5.41) is 11.0. The highest BCUT2D eigenvalue weighted by molar-refractivity contribution is 5.69. The van der Waals surface area contributed by atoms with Gasteiger partial charge in [0.1, 0.15) is 12.2 Å². The maximum Gasteiger partial charge on any atom is 0.303 e. The molecule has 2 fully saturated rings. The van der Waals surface area contributed by atoms with Crippen molar-refractivity contribution in [3.8, 4) is 0 Å². The number of carbonyl (C=O) groups excluding carboxylic acids is 4. The van der Waals surface area contributed by atoms with Gasteiger partial charge in [0.2, 0.25) is 0 Å². The van der Waals surface area contributed by atoms with E-state index in [0.29, 0.717) is 18.4 Å². The van der Waals surface area contributed by atoms with E-state index in [1.165, 1.54) is 27.7 Å². The molecule has 3 rings (SSSR count). The molecule has 2 bridgehead atoms. The minimum absolute atomic E-state index is 0.0676. The minimum Gasteiger partial charge on any atom is -0.462 e. The Morgan fingerprint density at radius 2 is 1.38 bits per heavy atom. The molecule has 0 radical (unpaired) electrons. The largest absolute Gasteiger partial charge is 0.462 e. The maximum atomic E-state index is 12.5. The third-order valence-electron chi connectivity index (χ3n) is 8.77. The summed E-state index contributed by atoms with van der Waals surface area (Å²) in [7, 11) is 0. The average Bonchev–Trinajstić information content (AvgIpc) is 2.74. The summed E-state index contributed by atoms with van der Waals surface area (Å²) in [5.74, 6) is -2.70. The Hall–Kier alpha value is -2.68. The second-order valence-corrected chi connectivity index (χ2v) is 11.5. The summed E-state index contributed by atoms with van der Waals surface area (Å²) >= 11 is 0. The highest BCUT2D eigenvalue weighted by Crippen LogP contribution is 2.60. The number of hydrogen-bond acceptors (Lipinski definition) is 9. The van der Waals surface area contributed by atoms with Gasteiger partial charge in [-0.3, -0.25) is 19.2 Å². The molecular weight excluding hydrogens is 480 g/mol. The van der Waals surface area contributed by atoms with Crippen LogP contribution in [0.1, 0.15) is 74.7 Å². The normalized spacial score (nSPS) is 36.9. The van der Waals surface area contributed by atoms with Gasteiger partial charge in [-0.25, -0.2) is 0 Å². The van der Waals surface area contributed by atoms with Gasteiger partial charge in [-0.1, -0.05) is 27.4 Å². The summed E-state index contributed by atoms with van der Waals surface area (Å²) in [6.07, 6.45) is -3.39. The third kappa shape index (κ3) is 5.19. The van der Waals surface area contributed by atoms with Crippen molar-refractivity contribution in [3.05, 3.63) is 23.3 Å². The Labute approximate surface area is 218 Å². The topological polar surface area (TPSA) is 125 Å². The third-order valence-corrected chi connectivity index (χ3v) is 8.77. The fourth-order valence-electron chi connectivity index (χ4n) is 7.01. The zero-order chi connectivity index (χ0) is 28.0. The van der Waals surface area contributed by atoms with E-state index in [2.05, 4.69) is 6.58 Å². The fraction of sp³-hybridized carbons (Fsp3) is 0.714. The van der Waals surface area contributed by atoms with Crippen LogP contribution in [0, 0.1) is 22.7 Å². The lowest BCUT2D eigenvalue weighted by atomic mass is 9.49. The van der Waals surface area contributed by atoms with E-state index in [9.17, 15) is 24.3 Å². The molecule has 8 atom stereocenters. The van der Waals surface area contributed by atoms with Gasteiger partial charge in [-0.05, 0) is 53.7 Å². The molecular formula is C28H40O9. The first-order chi connectivity index (χ1) is 17.0. The molecule has 0 saturated heterocycles. The van der Waals surface area contributed by atoms with Crippen molar-refractivity contribution in [1.29, 1.82) is 0 Å². The number of carbonyl (C=O) groups is 4. The van der Waals surface area contributed by atoms with Crippen LogP contribution in [0.2, 0.25) is 0 Å². The number of fused-ring (bicyclic) bond motifs is 3. The lowest BCUT2D eigenvalue weighted by molar-refractivity contribution is -0.211. The van der Waals surface area contributed by atoms with E-state index in [-0.39, 0.29) is 12.3 Å². The average molecular weight is 521 g/mol. The van der Waals surface area contributed by atoms with Crippen LogP contribution >= 0.6 is 0 Å². The smallest absolute Gasteiger partial charge is 0.303 e. The molecule has 9 nitrogen and oxygen atoms in total. The second kappa shape index (κ2) is 10.2. The standard InChI is InChI=1S/C28H40O9/c1-13-20-10-19-11-22(34-15(3)29)14(2)24(27(19,7)8)25(36-17(5)31)26(37-18(6)32)28(20,9)23(12-21(13)33)35-16(4)30/h19-23,25-26,33H,1,10-12H2,2-9H3/t19-,20-,21+,22+,23+,25-,26+,28+/m1/s1. The molecule has 3 aliphatic carbocycles. The minimum atomic E-state index is -1.08. The van der Waals surface area contributed by atoms with Gasteiger partial charge >= 0.3 is 23.9 Å². The lowest BCUT2D eigenvalue weighted by Gasteiger charge is -2.59. The van der Waals surface area contributed by atoms with Crippen molar-refractivity contribution >= 4 is 23.9 Å².